The molecule has 3 fully saturated rings. The average molecular weight is 527 g/mol. The number of hydrogen-bond acceptors (Lipinski definition) is 6. The number of likely N-dealkylation sites (tertiary alicyclic amines) is 1. The Hall–Kier alpha value is -1.71. The van der Waals surface area contributed by atoms with E-state index in [2.05, 4.69) is 29.1 Å². The molecule has 2 amide bonds. The van der Waals surface area contributed by atoms with E-state index in [1.165, 1.54) is 4.90 Å². The van der Waals surface area contributed by atoms with Crippen LogP contribution in [0.4, 0.5) is 0 Å². The zero-order valence-electron chi connectivity index (χ0n) is 19.7. The number of fused-ring (bicyclic) bond motifs is 1. The van der Waals surface area contributed by atoms with Crippen molar-refractivity contribution in [3.8, 4) is 0 Å². The molecule has 33 heavy (non-hydrogen) atoms. The van der Waals surface area contributed by atoms with Crippen LogP contribution in [0, 0.1) is 11.8 Å². The largest absolute Gasteiger partial charge is 0.465 e. The zero-order valence-corrected chi connectivity index (χ0v) is 21.3. The molecule has 8 nitrogen and oxygen atoms in total. The standard InChI is InChI=1S/C24H35BrN2O6/c1-6-8-9-13-32-22(31)16-17-20(29)26(11-12-28)19(24(17)14-15(25)18(16)33-24)21(30)27(10-7-2)23(3,4)5/h6-7,15-19,28H,1-2,8-14H2,3-5H3/t15?,16-,17+,18-,19?,24?/m1/s1. The SMILES string of the molecule is C=CCCCOC(=O)[C@H]1[C@@H]2OC3(CC2Br)C(C(=O)N(CC=C)C(C)(C)C)N(CCO)C(=O)[C@H]13. The van der Waals surface area contributed by atoms with Gasteiger partial charge < -0.3 is 24.4 Å². The number of nitrogens with zero attached hydrogens (tertiary/aromatic N) is 2. The summed E-state index contributed by atoms with van der Waals surface area (Å²) in [5.74, 6) is -2.73. The highest BCUT2D eigenvalue weighted by Gasteiger charge is 2.77. The van der Waals surface area contributed by atoms with Crippen LogP contribution >= 0.6 is 15.9 Å². The second-order valence-electron chi connectivity index (χ2n) is 9.93. The average Bonchev–Trinajstić information content (AvgIpc) is 3.32. The Kier molecular flexibility index (Phi) is 7.75. The van der Waals surface area contributed by atoms with Gasteiger partial charge in [-0.2, -0.15) is 0 Å². The third-order valence-corrected chi connectivity index (χ3v) is 7.67. The highest BCUT2D eigenvalue weighted by atomic mass is 79.9. The van der Waals surface area contributed by atoms with Crippen LogP contribution in [0.2, 0.25) is 0 Å². The van der Waals surface area contributed by atoms with Gasteiger partial charge in [-0.1, -0.05) is 28.1 Å². The van der Waals surface area contributed by atoms with E-state index in [0.29, 0.717) is 19.4 Å². The molecule has 0 saturated carbocycles. The summed E-state index contributed by atoms with van der Waals surface area (Å²) in [6.45, 7) is 13.4. The zero-order chi connectivity index (χ0) is 24.6. The summed E-state index contributed by atoms with van der Waals surface area (Å²) in [7, 11) is 0. The van der Waals surface area contributed by atoms with Crippen molar-refractivity contribution in [1.29, 1.82) is 0 Å². The van der Waals surface area contributed by atoms with Crippen LogP contribution in [-0.4, -0.2) is 87.1 Å². The number of unbranched alkanes of at least 4 members (excludes halogenated alkanes) is 1. The Morgan fingerprint density at radius 2 is 2.06 bits per heavy atom. The lowest BCUT2D eigenvalue weighted by atomic mass is 9.70. The van der Waals surface area contributed by atoms with E-state index < -0.39 is 41.1 Å². The first-order valence-corrected chi connectivity index (χ1v) is 12.4. The quantitative estimate of drug-likeness (QED) is 0.202. The molecule has 2 bridgehead atoms. The Morgan fingerprint density at radius 3 is 2.64 bits per heavy atom. The number of aliphatic hydroxyl groups excluding tert-OH is 1. The summed E-state index contributed by atoms with van der Waals surface area (Å²) in [4.78, 5) is 43.5. The van der Waals surface area contributed by atoms with E-state index in [1.807, 2.05) is 20.8 Å². The Morgan fingerprint density at radius 1 is 1.36 bits per heavy atom. The van der Waals surface area contributed by atoms with Crippen LogP contribution in [0.15, 0.2) is 25.3 Å². The Bertz CT molecular complexity index is 811. The summed E-state index contributed by atoms with van der Waals surface area (Å²) in [6, 6.07) is -0.940. The summed E-state index contributed by atoms with van der Waals surface area (Å²) in [5.41, 5.74) is -1.68. The fourth-order valence-electron chi connectivity index (χ4n) is 5.49. The predicted octanol–water partition coefficient (Wildman–Crippen LogP) is 2.05. The van der Waals surface area contributed by atoms with Crippen LogP contribution in [0.5, 0.6) is 0 Å². The number of ether oxygens (including phenoxy) is 2. The molecule has 0 aromatic carbocycles. The van der Waals surface area contributed by atoms with Crippen molar-refractivity contribution < 1.29 is 29.0 Å². The van der Waals surface area contributed by atoms with Crippen LogP contribution < -0.4 is 0 Å². The van der Waals surface area contributed by atoms with Gasteiger partial charge >= 0.3 is 5.97 Å². The Labute approximate surface area is 204 Å². The van der Waals surface area contributed by atoms with E-state index in [0.717, 1.165) is 6.42 Å². The highest BCUT2D eigenvalue weighted by Crippen LogP contribution is 2.60. The first kappa shape index (κ1) is 25.9. The van der Waals surface area contributed by atoms with Gasteiger partial charge in [0.1, 0.15) is 11.6 Å². The number of rotatable bonds is 10. The maximum atomic E-state index is 13.9. The maximum absolute atomic E-state index is 13.9. The minimum Gasteiger partial charge on any atom is -0.465 e. The molecule has 3 rings (SSSR count). The number of β-amino-alcohol motifs (C(OH)–C–C–N with tert-alkyl or cyclic N) is 1. The second-order valence-corrected chi connectivity index (χ2v) is 11.1. The van der Waals surface area contributed by atoms with Crippen molar-refractivity contribution in [3.05, 3.63) is 25.3 Å². The number of esters is 1. The minimum atomic E-state index is -1.16. The first-order chi connectivity index (χ1) is 15.5. The van der Waals surface area contributed by atoms with Gasteiger partial charge in [-0.15, -0.1) is 13.2 Å². The fourth-order valence-corrected chi connectivity index (χ4v) is 6.44. The van der Waals surface area contributed by atoms with Gasteiger partial charge in [-0.25, -0.2) is 0 Å². The van der Waals surface area contributed by atoms with Crippen molar-refractivity contribution in [2.75, 3.05) is 26.3 Å². The van der Waals surface area contributed by atoms with Crippen molar-refractivity contribution in [3.63, 3.8) is 0 Å². The van der Waals surface area contributed by atoms with Gasteiger partial charge in [0.15, 0.2) is 0 Å². The van der Waals surface area contributed by atoms with E-state index >= 15 is 0 Å². The van der Waals surface area contributed by atoms with Crippen LogP contribution in [0.1, 0.15) is 40.0 Å². The molecule has 3 aliphatic rings. The molecule has 0 aromatic rings. The monoisotopic (exact) mass is 526 g/mol. The van der Waals surface area contributed by atoms with E-state index in [-0.39, 0.29) is 36.4 Å². The normalized spacial score (nSPS) is 32.6. The highest BCUT2D eigenvalue weighted by molar-refractivity contribution is 9.09. The van der Waals surface area contributed by atoms with Crippen LogP contribution in [0.3, 0.4) is 0 Å². The molecular weight excluding hydrogens is 492 g/mol. The molecule has 6 atom stereocenters. The summed E-state index contributed by atoms with van der Waals surface area (Å²) in [6.07, 6.45) is 4.63. The Balaban J connectivity index is 1.98. The molecule has 9 heteroatoms. The van der Waals surface area contributed by atoms with Gasteiger partial charge in [0, 0.05) is 23.5 Å². The molecule has 1 spiro atoms. The van der Waals surface area contributed by atoms with E-state index in [1.54, 1.807) is 17.1 Å². The minimum absolute atomic E-state index is 0.0123. The molecule has 184 valence electrons. The predicted molar refractivity (Wildman–Crippen MR) is 127 cm³/mol. The lowest BCUT2D eigenvalue weighted by Crippen LogP contribution is -2.60. The molecule has 0 aromatic heterocycles. The molecule has 0 radical (unpaired) electrons. The van der Waals surface area contributed by atoms with Crippen LogP contribution in [0.25, 0.3) is 0 Å². The molecule has 1 N–H and O–H groups in total. The third kappa shape index (κ3) is 4.39. The number of allylic oxidation sites excluding steroid dienone is 1. The molecule has 3 heterocycles. The lowest BCUT2D eigenvalue weighted by Gasteiger charge is -2.42. The van der Waals surface area contributed by atoms with Crippen molar-refractivity contribution in [2.24, 2.45) is 11.8 Å². The van der Waals surface area contributed by atoms with Crippen molar-refractivity contribution >= 4 is 33.7 Å². The smallest absolute Gasteiger partial charge is 0.312 e. The fraction of sp³-hybridized carbons (Fsp3) is 0.708. The summed E-state index contributed by atoms with van der Waals surface area (Å²) >= 11 is 3.62. The van der Waals surface area contributed by atoms with E-state index in [9.17, 15) is 19.5 Å². The number of alkyl halides is 1. The molecule has 3 aliphatic heterocycles. The number of amides is 2. The van der Waals surface area contributed by atoms with Gasteiger partial charge in [0.05, 0.1) is 31.2 Å². The number of aliphatic hydroxyl groups is 1. The maximum Gasteiger partial charge on any atom is 0.312 e. The number of carbonyl (C=O) groups is 3. The number of carbonyl (C=O) groups excluding carboxylic acids is 3. The summed E-state index contributed by atoms with van der Waals surface area (Å²) < 4.78 is 11.9. The van der Waals surface area contributed by atoms with Crippen molar-refractivity contribution in [1.82, 2.24) is 9.80 Å². The van der Waals surface area contributed by atoms with Gasteiger partial charge in [0.25, 0.3) is 0 Å². The van der Waals surface area contributed by atoms with Gasteiger partial charge in [-0.05, 0) is 40.0 Å². The molecule has 0 aliphatic carbocycles. The third-order valence-electron chi connectivity index (χ3n) is 6.82. The van der Waals surface area contributed by atoms with Gasteiger partial charge in [0.2, 0.25) is 11.8 Å². The number of hydrogen-bond donors (Lipinski definition) is 1. The second kappa shape index (κ2) is 9.88. The van der Waals surface area contributed by atoms with Gasteiger partial charge in [-0.3, -0.25) is 14.4 Å². The lowest BCUT2D eigenvalue weighted by molar-refractivity contribution is -0.155. The molecule has 3 unspecified atom stereocenters. The molecule has 3 saturated heterocycles. The topological polar surface area (TPSA) is 96.4 Å². The van der Waals surface area contributed by atoms with E-state index in [4.69, 9.17) is 9.47 Å². The summed E-state index contributed by atoms with van der Waals surface area (Å²) in [5, 5.41) is 9.69. The first-order valence-electron chi connectivity index (χ1n) is 11.5. The number of halogens is 1. The van der Waals surface area contributed by atoms with Crippen molar-refractivity contribution in [2.45, 2.75) is 68.1 Å². The molecular formula is C24H35BrN2O6. The van der Waals surface area contributed by atoms with Crippen LogP contribution in [-0.2, 0) is 23.9 Å².